The van der Waals surface area contributed by atoms with Crippen molar-refractivity contribution in [3.8, 4) is 5.75 Å². The first kappa shape index (κ1) is 14.8. The van der Waals surface area contributed by atoms with Gasteiger partial charge < -0.3 is 15.0 Å². The van der Waals surface area contributed by atoms with E-state index in [1.165, 1.54) is 12.1 Å². The molecule has 0 heterocycles. The Labute approximate surface area is 111 Å². The van der Waals surface area contributed by atoms with E-state index in [1.807, 2.05) is 19.2 Å². The summed E-state index contributed by atoms with van der Waals surface area (Å²) in [6.45, 7) is 5.54. The third kappa shape index (κ3) is 3.91. The van der Waals surface area contributed by atoms with E-state index in [0.717, 1.165) is 12.3 Å². The molecule has 0 saturated carbocycles. The Morgan fingerprint density at radius 2 is 1.89 bits per heavy atom. The van der Waals surface area contributed by atoms with E-state index < -0.39 is 0 Å². The summed E-state index contributed by atoms with van der Waals surface area (Å²) >= 11 is 0. The molecule has 18 heavy (non-hydrogen) atoms. The van der Waals surface area contributed by atoms with Gasteiger partial charge >= 0.3 is 0 Å². The van der Waals surface area contributed by atoms with Crippen molar-refractivity contribution in [2.75, 3.05) is 32.6 Å². The number of nitrogens with one attached hydrogen (secondary N) is 1. The molecule has 1 N–H and O–H groups in total. The molecule has 2 unspecified atom stereocenters. The lowest BCUT2D eigenvalue weighted by atomic mass is 9.99. The maximum atomic E-state index is 5.18. The number of hydrogen-bond acceptors (Lipinski definition) is 3. The first-order valence-corrected chi connectivity index (χ1v) is 6.64. The number of ether oxygens (including phenoxy) is 1. The molecule has 0 amide bonds. The summed E-state index contributed by atoms with van der Waals surface area (Å²) in [4.78, 5) is 2.28. The van der Waals surface area contributed by atoms with Crippen LogP contribution in [0.2, 0.25) is 0 Å². The summed E-state index contributed by atoms with van der Waals surface area (Å²) in [6, 6.07) is 8.72. The second-order valence-electron chi connectivity index (χ2n) is 4.86. The topological polar surface area (TPSA) is 24.5 Å². The number of rotatable bonds is 7. The van der Waals surface area contributed by atoms with Crippen molar-refractivity contribution < 1.29 is 4.74 Å². The second-order valence-corrected chi connectivity index (χ2v) is 4.86. The van der Waals surface area contributed by atoms with Crippen LogP contribution < -0.4 is 15.0 Å². The molecule has 1 aromatic carbocycles. The molecule has 0 aliphatic carbocycles. The maximum Gasteiger partial charge on any atom is 0.119 e. The molecule has 0 radical (unpaired) electrons. The van der Waals surface area contributed by atoms with Crippen molar-refractivity contribution in [2.24, 2.45) is 5.92 Å². The first-order valence-electron chi connectivity index (χ1n) is 6.64. The molecule has 102 valence electrons. The minimum atomic E-state index is 0.516. The zero-order valence-corrected chi connectivity index (χ0v) is 12.2. The Morgan fingerprint density at radius 1 is 1.28 bits per heavy atom. The highest BCUT2D eigenvalue weighted by Gasteiger charge is 2.15. The van der Waals surface area contributed by atoms with Crippen LogP contribution in [0.5, 0.6) is 5.75 Å². The zero-order valence-electron chi connectivity index (χ0n) is 12.2. The number of methoxy groups -OCH3 is 1. The maximum absolute atomic E-state index is 5.18. The van der Waals surface area contributed by atoms with Crippen molar-refractivity contribution >= 4 is 5.69 Å². The van der Waals surface area contributed by atoms with Crippen LogP contribution in [0, 0.1) is 5.92 Å². The van der Waals surface area contributed by atoms with Crippen LogP contribution in [-0.4, -0.2) is 33.8 Å². The normalized spacial score (nSPS) is 14.1. The summed E-state index contributed by atoms with van der Waals surface area (Å²) in [5.74, 6) is 1.58. The predicted octanol–water partition coefficient (Wildman–Crippen LogP) is 2.77. The van der Waals surface area contributed by atoms with Gasteiger partial charge in [-0.15, -0.1) is 0 Å². The standard InChI is InChI=1S/C15H26N2O/c1-6-12(2)15(16-3)11-17(4)13-7-9-14(18-5)10-8-13/h7-10,12,15-16H,6,11H2,1-5H3. The highest BCUT2D eigenvalue weighted by Crippen LogP contribution is 2.19. The minimum Gasteiger partial charge on any atom is -0.497 e. The van der Waals surface area contributed by atoms with Crippen LogP contribution >= 0.6 is 0 Å². The molecule has 0 aliphatic rings. The van der Waals surface area contributed by atoms with Gasteiger partial charge in [0.15, 0.2) is 0 Å². The molecule has 0 aliphatic heterocycles. The van der Waals surface area contributed by atoms with E-state index in [-0.39, 0.29) is 0 Å². The lowest BCUT2D eigenvalue weighted by molar-refractivity contribution is 0.391. The van der Waals surface area contributed by atoms with Crippen molar-refractivity contribution in [1.82, 2.24) is 5.32 Å². The van der Waals surface area contributed by atoms with Gasteiger partial charge in [-0.25, -0.2) is 0 Å². The van der Waals surface area contributed by atoms with E-state index in [1.54, 1.807) is 7.11 Å². The molecule has 2 atom stereocenters. The van der Waals surface area contributed by atoms with Crippen molar-refractivity contribution in [3.05, 3.63) is 24.3 Å². The van der Waals surface area contributed by atoms with Gasteiger partial charge in [-0.2, -0.15) is 0 Å². The van der Waals surface area contributed by atoms with Crippen LogP contribution in [0.25, 0.3) is 0 Å². The molecule has 3 heteroatoms. The average molecular weight is 250 g/mol. The molecule has 3 nitrogen and oxygen atoms in total. The lowest BCUT2D eigenvalue weighted by Crippen LogP contribution is -2.42. The van der Waals surface area contributed by atoms with Crippen LogP contribution in [0.1, 0.15) is 20.3 Å². The third-order valence-corrected chi connectivity index (χ3v) is 3.69. The summed E-state index contributed by atoms with van der Waals surface area (Å²) in [5.41, 5.74) is 1.22. The summed E-state index contributed by atoms with van der Waals surface area (Å²) in [5, 5.41) is 3.41. The van der Waals surface area contributed by atoms with Gasteiger partial charge in [0, 0.05) is 25.3 Å². The highest BCUT2D eigenvalue weighted by atomic mass is 16.5. The van der Waals surface area contributed by atoms with Crippen LogP contribution in [0.15, 0.2) is 24.3 Å². The van der Waals surface area contributed by atoms with Crippen LogP contribution in [0.4, 0.5) is 5.69 Å². The second kappa shape index (κ2) is 7.27. The smallest absolute Gasteiger partial charge is 0.119 e. The Balaban J connectivity index is 2.65. The molecule has 0 aromatic heterocycles. The monoisotopic (exact) mass is 250 g/mol. The zero-order chi connectivity index (χ0) is 13.5. The van der Waals surface area contributed by atoms with E-state index in [9.17, 15) is 0 Å². The molecule has 0 saturated heterocycles. The molecule has 1 rings (SSSR count). The predicted molar refractivity (Wildman–Crippen MR) is 78.6 cm³/mol. The van der Waals surface area contributed by atoms with Crippen molar-refractivity contribution in [1.29, 1.82) is 0 Å². The number of benzene rings is 1. The number of likely N-dealkylation sites (N-methyl/N-ethyl adjacent to an activating group) is 2. The fourth-order valence-electron chi connectivity index (χ4n) is 2.08. The largest absolute Gasteiger partial charge is 0.497 e. The molecular weight excluding hydrogens is 224 g/mol. The lowest BCUT2D eigenvalue weighted by Gasteiger charge is -2.29. The number of nitrogens with zero attached hydrogens (tertiary/aromatic N) is 1. The van der Waals surface area contributed by atoms with E-state index in [4.69, 9.17) is 4.74 Å². The molecule has 0 fully saturated rings. The van der Waals surface area contributed by atoms with Gasteiger partial charge in [0.2, 0.25) is 0 Å². The van der Waals surface area contributed by atoms with Gasteiger partial charge in [-0.05, 0) is 37.2 Å². The van der Waals surface area contributed by atoms with E-state index in [0.29, 0.717) is 12.0 Å². The van der Waals surface area contributed by atoms with Gasteiger partial charge in [-0.3, -0.25) is 0 Å². The summed E-state index contributed by atoms with van der Waals surface area (Å²) < 4.78 is 5.18. The summed E-state index contributed by atoms with van der Waals surface area (Å²) in [6.07, 6.45) is 1.20. The Bertz CT molecular complexity index is 337. The third-order valence-electron chi connectivity index (χ3n) is 3.69. The van der Waals surface area contributed by atoms with Gasteiger partial charge in [-0.1, -0.05) is 20.3 Å². The Kier molecular flexibility index (Phi) is 5.99. The quantitative estimate of drug-likeness (QED) is 0.805. The molecule has 0 spiro atoms. The number of anilines is 1. The average Bonchev–Trinajstić information content (AvgIpc) is 2.43. The van der Waals surface area contributed by atoms with E-state index >= 15 is 0 Å². The first-order chi connectivity index (χ1) is 8.62. The summed E-state index contributed by atoms with van der Waals surface area (Å²) in [7, 11) is 5.87. The van der Waals surface area contributed by atoms with E-state index in [2.05, 4.69) is 43.2 Å². The van der Waals surface area contributed by atoms with Gasteiger partial charge in [0.1, 0.15) is 5.75 Å². The Morgan fingerprint density at radius 3 is 2.33 bits per heavy atom. The highest BCUT2D eigenvalue weighted by molar-refractivity contribution is 5.48. The fourth-order valence-corrected chi connectivity index (χ4v) is 2.08. The fraction of sp³-hybridized carbons (Fsp3) is 0.600. The van der Waals surface area contributed by atoms with Crippen molar-refractivity contribution in [2.45, 2.75) is 26.3 Å². The Hall–Kier alpha value is -1.22. The molecular formula is C15H26N2O. The SMILES string of the molecule is CCC(C)C(CN(C)c1ccc(OC)cc1)NC. The van der Waals surface area contributed by atoms with Crippen LogP contribution in [-0.2, 0) is 0 Å². The molecule has 0 bridgehead atoms. The van der Waals surface area contributed by atoms with Gasteiger partial charge in [0.05, 0.1) is 7.11 Å². The molecule has 1 aromatic rings. The number of hydrogen-bond donors (Lipinski definition) is 1. The van der Waals surface area contributed by atoms with Crippen molar-refractivity contribution in [3.63, 3.8) is 0 Å². The minimum absolute atomic E-state index is 0.516. The van der Waals surface area contributed by atoms with Gasteiger partial charge in [0.25, 0.3) is 0 Å². The van der Waals surface area contributed by atoms with Crippen LogP contribution in [0.3, 0.4) is 0 Å².